The monoisotopic (exact) mass is 784 g/mol. The lowest BCUT2D eigenvalue weighted by atomic mass is 10.0. The van der Waals surface area contributed by atoms with Gasteiger partial charge in [-0.15, -0.1) is 0 Å². The van der Waals surface area contributed by atoms with Gasteiger partial charge in [0.15, 0.2) is 0 Å². The standard InChI is InChI=1S/C45H87N2O6P/c1-6-8-10-12-13-14-15-16-17-18-19-20-21-22-23-24-25-26-27-28-29-30-31-32-33-34-35-36-38-44(48)43(46-45(49)39-37-11-9-7-2)42-53-54(50,51)52-41-40-47(3,4)5/h28-29,32-33,36,38,43-44,48H,6-27,30-31,34-35,37,39-42H2,1-5H3,(H-,46,49,50,51)/p+1/b29-28+,33-32+,38-36+. The predicted molar refractivity (Wildman–Crippen MR) is 231 cm³/mol. The number of quaternary nitrogens is 1. The van der Waals surface area contributed by atoms with E-state index in [0.29, 0.717) is 17.4 Å². The van der Waals surface area contributed by atoms with Crippen molar-refractivity contribution in [3.05, 3.63) is 36.5 Å². The third-order valence-corrected chi connectivity index (χ3v) is 10.8. The predicted octanol–water partition coefficient (Wildman–Crippen LogP) is 12.3. The van der Waals surface area contributed by atoms with E-state index in [1.54, 1.807) is 6.08 Å². The van der Waals surface area contributed by atoms with E-state index in [1.807, 2.05) is 27.2 Å². The Kier molecular flexibility index (Phi) is 36.4. The van der Waals surface area contributed by atoms with Crippen molar-refractivity contribution in [3.63, 3.8) is 0 Å². The molecule has 0 aromatic heterocycles. The number of aliphatic hydroxyl groups is 1. The fraction of sp³-hybridized carbons (Fsp3) is 0.844. The van der Waals surface area contributed by atoms with Crippen molar-refractivity contribution < 1.29 is 32.9 Å². The Morgan fingerprint density at radius 2 is 1.02 bits per heavy atom. The van der Waals surface area contributed by atoms with E-state index < -0.39 is 20.0 Å². The zero-order valence-electron chi connectivity index (χ0n) is 36.0. The lowest BCUT2D eigenvalue weighted by Gasteiger charge is -2.25. The van der Waals surface area contributed by atoms with Crippen LogP contribution in [0.3, 0.4) is 0 Å². The van der Waals surface area contributed by atoms with Gasteiger partial charge in [0.2, 0.25) is 5.91 Å². The summed E-state index contributed by atoms with van der Waals surface area (Å²) in [6.07, 6.45) is 45.9. The number of carbonyl (C=O) groups excluding carboxylic acids is 1. The summed E-state index contributed by atoms with van der Waals surface area (Å²) in [5.74, 6) is -0.210. The van der Waals surface area contributed by atoms with Crippen LogP contribution in [-0.4, -0.2) is 73.4 Å². The average molecular weight is 784 g/mol. The second kappa shape index (κ2) is 37.3. The van der Waals surface area contributed by atoms with Crippen molar-refractivity contribution in [2.24, 2.45) is 0 Å². The first-order chi connectivity index (χ1) is 26.0. The maximum atomic E-state index is 12.6. The zero-order valence-corrected chi connectivity index (χ0v) is 36.9. The zero-order chi connectivity index (χ0) is 40.0. The average Bonchev–Trinajstić information content (AvgIpc) is 3.12. The number of nitrogens with one attached hydrogen (secondary N) is 1. The van der Waals surface area contributed by atoms with E-state index in [4.69, 9.17) is 9.05 Å². The molecule has 0 radical (unpaired) electrons. The number of hydrogen-bond acceptors (Lipinski definition) is 5. The van der Waals surface area contributed by atoms with E-state index in [9.17, 15) is 19.4 Å². The lowest BCUT2D eigenvalue weighted by molar-refractivity contribution is -0.870. The fourth-order valence-electron chi connectivity index (χ4n) is 6.25. The highest BCUT2D eigenvalue weighted by atomic mass is 31.2. The SMILES string of the molecule is CCCCCCCCCCCCCCCCCCCC/C=C/CC/C=C/CC/C=C/C(O)C(COP(=O)(O)OCC[N+](C)(C)C)NC(=O)CCCCCC. The summed E-state index contributed by atoms with van der Waals surface area (Å²) in [5, 5.41) is 13.6. The molecule has 0 aliphatic rings. The Morgan fingerprint density at radius 1 is 0.611 bits per heavy atom. The number of likely N-dealkylation sites (N-methyl/N-ethyl adjacent to an activating group) is 1. The smallest absolute Gasteiger partial charge is 0.387 e. The first kappa shape index (κ1) is 52.7. The minimum Gasteiger partial charge on any atom is -0.387 e. The summed E-state index contributed by atoms with van der Waals surface area (Å²) in [7, 11) is 1.54. The van der Waals surface area contributed by atoms with Gasteiger partial charge in [0, 0.05) is 6.42 Å². The maximum Gasteiger partial charge on any atom is 0.472 e. The highest BCUT2D eigenvalue weighted by Gasteiger charge is 2.27. The molecule has 54 heavy (non-hydrogen) atoms. The quantitative estimate of drug-likeness (QED) is 0.0247. The number of aliphatic hydroxyl groups excluding tert-OH is 1. The van der Waals surface area contributed by atoms with Crippen LogP contribution >= 0.6 is 7.82 Å². The highest BCUT2D eigenvalue weighted by Crippen LogP contribution is 2.43. The van der Waals surface area contributed by atoms with Crippen LogP contribution in [-0.2, 0) is 18.4 Å². The Balaban J connectivity index is 4.07. The summed E-state index contributed by atoms with van der Waals surface area (Å²) in [6.45, 7) is 4.65. The number of allylic oxidation sites excluding steroid dienone is 5. The van der Waals surface area contributed by atoms with Gasteiger partial charge in [-0.1, -0.05) is 179 Å². The molecule has 0 rings (SSSR count). The van der Waals surface area contributed by atoms with Gasteiger partial charge in [-0.3, -0.25) is 13.8 Å². The molecule has 0 fully saturated rings. The van der Waals surface area contributed by atoms with Crippen LogP contribution in [0.5, 0.6) is 0 Å². The van der Waals surface area contributed by atoms with Crippen LogP contribution in [0.4, 0.5) is 0 Å². The Hall–Kier alpha value is -1.28. The van der Waals surface area contributed by atoms with Gasteiger partial charge in [-0.2, -0.15) is 0 Å². The molecular formula is C45H88N2O6P+. The van der Waals surface area contributed by atoms with Crippen molar-refractivity contribution in [3.8, 4) is 0 Å². The van der Waals surface area contributed by atoms with E-state index >= 15 is 0 Å². The molecule has 3 unspecified atom stereocenters. The first-order valence-electron chi connectivity index (χ1n) is 22.4. The van der Waals surface area contributed by atoms with Crippen LogP contribution in [0.25, 0.3) is 0 Å². The van der Waals surface area contributed by atoms with E-state index in [1.165, 1.54) is 122 Å². The van der Waals surface area contributed by atoms with Crippen molar-refractivity contribution >= 4 is 13.7 Å². The third kappa shape index (κ3) is 39.0. The number of amides is 1. The number of nitrogens with zero attached hydrogens (tertiary/aromatic N) is 1. The molecule has 0 aliphatic carbocycles. The van der Waals surface area contributed by atoms with Crippen LogP contribution < -0.4 is 5.32 Å². The lowest BCUT2D eigenvalue weighted by Crippen LogP contribution is -2.45. The van der Waals surface area contributed by atoms with Crippen molar-refractivity contribution in [1.29, 1.82) is 0 Å². The van der Waals surface area contributed by atoms with Gasteiger partial charge in [0.25, 0.3) is 0 Å². The normalized spacial score (nSPS) is 14.7. The molecule has 1 amide bonds. The molecule has 0 spiro atoms. The summed E-state index contributed by atoms with van der Waals surface area (Å²) >= 11 is 0. The van der Waals surface area contributed by atoms with Gasteiger partial charge in [0.05, 0.1) is 39.9 Å². The van der Waals surface area contributed by atoms with Crippen LogP contribution in [0.2, 0.25) is 0 Å². The summed E-state index contributed by atoms with van der Waals surface area (Å²) in [6, 6.07) is -0.862. The molecule has 9 heteroatoms. The fourth-order valence-corrected chi connectivity index (χ4v) is 6.98. The molecule has 0 aromatic carbocycles. The molecule has 0 heterocycles. The molecule has 0 aliphatic heterocycles. The minimum absolute atomic E-state index is 0.0532. The van der Waals surface area contributed by atoms with Gasteiger partial charge < -0.3 is 19.8 Å². The van der Waals surface area contributed by atoms with Gasteiger partial charge >= 0.3 is 7.82 Å². The number of rotatable bonds is 40. The van der Waals surface area contributed by atoms with Crippen molar-refractivity contribution in [2.45, 2.75) is 206 Å². The number of hydrogen-bond donors (Lipinski definition) is 3. The summed E-state index contributed by atoms with van der Waals surface area (Å²) in [4.78, 5) is 22.7. The molecule has 8 nitrogen and oxygen atoms in total. The Bertz CT molecular complexity index is 980. The molecule has 0 saturated heterocycles. The second-order valence-electron chi connectivity index (χ2n) is 16.4. The molecule has 0 saturated carbocycles. The maximum absolute atomic E-state index is 12.6. The first-order valence-corrected chi connectivity index (χ1v) is 23.9. The number of carbonyl (C=O) groups is 1. The minimum atomic E-state index is -4.33. The topological polar surface area (TPSA) is 105 Å². The highest BCUT2D eigenvalue weighted by molar-refractivity contribution is 7.47. The van der Waals surface area contributed by atoms with Gasteiger partial charge in [0.1, 0.15) is 13.2 Å². The number of phosphoric ester groups is 1. The number of unbranched alkanes of at least 4 members (excludes halogenated alkanes) is 23. The van der Waals surface area contributed by atoms with Crippen molar-refractivity contribution in [1.82, 2.24) is 5.32 Å². The molecule has 0 aromatic rings. The molecule has 0 bridgehead atoms. The van der Waals surface area contributed by atoms with E-state index in [-0.39, 0.29) is 19.1 Å². The molecule has 3 N–H and O–H groups in total. The van der Waals surface area contributed by atoms with Crippen LogP contribution in [0.1, 0.15) is 194 Å². The Morgan fingerprint density at radius 3 is 1.48 bits per heavy atom. The molecule has 318 valence electrons. The molecular weight excluding hydrogens is 695 g/mol. The van der Waals surface area contributed by atoms with E-state index in [2.05, 4.69) is 43.5 Å². The van der Waals surface area contributed by atoms with Gasteiger partial charge in [-0.25, -0.2) is 4.57 Å². The van der Waals surface area contributed by atoms with Crippen LogP contribution in [0.15, 0.2) is 36.5 Å². The van der Waals surface area contributed by atoms with Crippen LogP contribution in [0, 0.1) is 0 Å². The van der Waals surface area contributed by atoms with E-state index in [0.717, 1.165) is 51.4 Å². The number of phosphoric acid groups is 1. The third-order valence-electron chi connectivity index (χ3n) is 9.84. The largest absolute Gasteiger partial charge is 0.472 e. The summed E-state index contributed by atoms with van der Waals surface area (Å²) in [5.41, 5.74) is 0. The van der Waals surface area contributed by atoms with Gasteiger partial charge in [-0.05, 0) is 44.9 Å². The Labute approximate surface area is 334 Å². The second-order valence-corrected chi connectivity index (χ2v) is 17.9. The summed E-state index contributed by atoms with van der Waals surface area (Å²) < 4.78 is 23.3. The van der Waals surface area contributed by atoms with Crippen molar-refractivity contribution in [2.75, 3.05) is 40.9 Å². The molecule has 3 atom stereocenters.